The number of methoxy groups -OCH3 is 1. The molecule has 3 nitrogen and oxygen atoms in total. The van der Waals surface area contributed by atoms with Crippen LogP contribution >= 0.6 is 0 Å². The van der Waals surface area contributed by atoms with Crippen molar-refractivity contribution in [1.29, 1.82) is 0 Å². The van der Waals surface area contributed by atoms with Gasteiger partial charge in [-0.25, -0.2) is 0 Å². The van der Waals surface area contributed by atoms with E-state index in [0.717, 1.165) is 12.2 Å². The third-order valence-electron chi connectivity index (χ3n) is 3.04. The maximum Gasteiger partial charge on any atom is 0.310 e. The highest BCUT2D eigenvalue weighted by atomic mass is 16.6. The minimum Gasteiger partial charge on any atom is -0.497 e. The molecule has 0 aliphatic heterocycles. The van der Waals surface area contributed by atoms with E-state index in [1.54, 1.807) is 7.11 Å². The number of hydrogen-bond donors (Lipinski definition) is 0. The molecule has 0 unspecified atom stereocenters. The molecule has 1 fully saturated rings. The normalized spacial score (nSPS) is 22.4. The fraction of sp³-hybridized carbons (Fsp3) is 0.533. The summed E-state index contributed by atoms with van der Waals surface area (Å²) in [6.45, 7) is 5.70. The molecule has 2 rings (SSSR count). The van der Waals surface area contributed by atoms with Crippen LogP contribution < -0.4 is 4.74 Å². The van der Waals surface area contributed by atoms with E-state index >= 15 is 0 Å². The standard InChI is InChI=1S/C15H20O3/c1-15(2,3)18-14(16)13-9-12(13)10-5-7-11(17-4)8-6-10/h5-8,12-13H,9H2,1-4H3/t12-,13-/m1/s1. The molecule has 0 bridgehead atoms. The molecular formula is C15H20O3. The summed E-state index contributed by atoms with van der Waals surface area (Å²) in [7, 11) is 1.65. The zero-order chi connectivity index (χ0) is 13.3. The molecule has 0 amide bonds. The fourth-order valence-electron chi connectivity index (χ4n) is 2.05. The second-order valence-corrected chi connectivity index (χ2v) is 5.76. The Balaban J connectivity index is 1.96. The Kier molecular flexibility index (Phi) is 3.33. The molecular weight excluding hydrogens is 228 g/mol. The van der Waals surface area contributed by atoms with E-state index in [2.05, 4.69) is 0 Å². The zero-order valence-corrected chi connectivity index (χ0v) is 11.4. The molecule has 98 valence electrons. The molecule has 0 aromatic heterocycles. The summed E-state index contributed by atoms with van der Waals surface area (Å²) < 4.78 is 10.5. The Morgan fingerprint density at radius 2 is 1.83 bits per heavy atom. The van der Waals surface area contributed by atoms with Crippen molar-refractivity contribution in [2.45, 2.75) is 38.7 Å². The number of esters is 1. The van der Waals surface area contributed by atoms with E-state index in [1.807, 2.05) is 45.0 Å². The highest BCUT2D eigenvalue weighted by Gasteiger charge is 2.46. The zero-order valence-electron chi connectivity index (χ0n) is 11.4. The molecule has 1 saturated carbocycles. The molecule has 2 atom stereocenters. The third kappa shape index (κ3) is 3.03. The van der Waals surface area contributed by atoms with E-state index < -0.39 is 5.60 Å². The number of carbonyl (C=O) groups is 1. The minimum atomic E-state index is -0.399. The van der Waals surface area contributed by atoms with Gasteiger partial charge in [-0.2, -0.15) is 0 Å². The van der Waals surface area contributed by atoms with Crippen LogP contribution in [0.1, 0.15) is 38.7 Å². The van der Waals surface area contributed by atoms with Gasteiger partial charge in [0.15, 0.2) is 0 Å². The molecule has 0 spiro atoms. The number of ether oxygens (including phenoxy) is 2. The van der Waals surface area contributed by atoms with Crippen molar-refractivity contribution < 1.29 is 14.3 Å². The van der Waals surface area contributed by atoms with E-state index in [1.165, 1.54) is 5.56 Å². The number of benzene rings is 1. The van der Waals surface area contributed by atoms with Gasteiger partial charge in [-0.1, -0.05) is 12.1 Å². The lowest BCUT2D eigenvalue weighted by atomic mass is 10.1. The maximum absolute atomic E-state index is 11.9. The quantitative estimate of drug-likeness (QED) is 0.771. The second kappa shape index (κ2) is 4.63. The van der Waals surface area contributed by atoms with Crippen molar-refractivity contribution in [1.82, 2.24) is 0 Å². The first-order chi connectivity index (χ1) is 8.40. The Morgan fingerprint density at radius 1 is 1.22 bits per heavy atom. The van der Waals surface area contributed by atoms with Crippen LogP contribution in [0.4, 0.5) is 0 Å². The lowest BCUT2D eigenvalue weighted by Gasteiger charge is -2.19. The van der Waals surface area contributed by atoms with Crippen LogP contribution in [0.15, 0.2) is 24.3 Å². The first-order valence-electron chi connectivity index (χ1n) is 6.27. The SMILES string of the molecule is COc1ccc([C@H]2C[C@H]2C(=O)OC(C)(C)C)cc1. The van der Waals surface area contributed by atoms with Crippen molar-refractivity contribution >= 4 is 5.97 Å². The van der Waals surface area contributed by atoms with Gasteiger partial charge in [-0.15, -0.1) is 0 Å². The van der Waals surface area contributed by atoms with Gasteiger partial charge in [0.1, 0.15) is 11.4 Å². The highest BCUT2D eigenvalue weighted by Crippen LogP contribution is 2.48. The van der Waals surface area contributed by atoms with Crippen LogP contribution in [-0.2, 0) is 9.53 Å². The summed E-state index contributed by atoms with van der Waals surface area (Å²) in [6, 6.07) is 7.90. The predicted molar refractivity (Wildman–Crippen MR) is 69.7 cm³/mol. The van der Waals surface area contributed by atoms with Crippen LogP contribution in [0.2, 0.25) is 0 Å². The maximum atomic E-state index is 11.9. The van der Waals surface area contributed by atoms with Crippen LogP contribution in [0, 0.1) is 5.92 Å². The minimum absolute atomic E-state index is 0.0256. The first-order valence-corrected chi connectivity index (χ1v) is 6.27. The summed E-state index contributed by atoms with van der Waals surface area (Å²) in [5.74, 6) is 1.10. The summed E-state index contributed by atoms with van der Waals surface area (Å²) in [6.07, 6.45) is 0.890. The molecule has 1 aliphatic rings. The Labute approximate surface area is 108 Å². The number of carbonyl (C=O) groups excluding carboxylic acids is 1. The Hall–Kier alpha value is -1.51. The molecule has 0 heterocycles. The monoisotopic (exact) mass is 248 g/mol. The van der Waals surface area contributed by atoms with Crippen molar-refractivity contribution in [3.05, 3.63) is 29.8 Å². The predicted octanol–water partition coefficient (Wildman–Crippen LogP) is 3.14. The highest BCUT2D eigenvalue weighted by molar-refractivity contribution is 5.77. The molecule has 0 radical (unpaired) electrons. The van der Waals surface area contributed by atoms with E-state index in [4.69, 9.17) is 9.47 Å². The van der Waals surface area contributed by atoms with Crippen molar-refractivity contribution in [3.8, 4) is 5.75 Å². The van der Waals surface area contributed by atoms with Crippen LogP contribution in [0.5, 0.6) is 5.75 Å². The Morgan fingerprint density at radius 3 is 2.33 bits per heavy atom. The van der Waals surface area contributed by atoms with Gasteiger partial charge in [-0.05, 0) is 50.8 Å². The molecule has 1 aliphatic carbocycles. The number of rotatable bonds is 3. The van der Waals surface area contributed by atoms with Gasteiger partial charge in [0.05, 0.1) is 13.0 Å². The van der Waals surface area contributed by atoms with Gasteiger partial charge < -0.3 is 9.47 Å². The largest absolute Gasteiger partial charge is 0.497 e. The van der Waals surface area contributed by atoms with Gasteiger partial charge >= 0.3 is 5.97 Å². The lowest BCUT2D eigenvalue weighted by Crippen LogP contribution is -2.25. The average molecular weight is 248 g/mol. The number of hydrogen-bond acceptors (Lipinski definition) is 3. The molecule has 18 heavy (non-hydrogen) atoms. The average Bonchev–Trinajstić information content (AvgIpc) is 3.07. The van der Waals surface area contributed by atoms with E-state index in [-0.39, 0.29) is 11.9 Å². The smallest absolute Gasteiger partial charge is 0.310 e. The van der Waals surface area contributed by atoms with Crippen LogP contribution in [0.3, 0.4) is 0 Å². The van der Waals surface area contributed by atoms with Crippen molar-refractivity contribution in [2.24, 2.45) is 5.92 Å². The summed E-state index contributed by atoms with van der Waals surface area (Å²) >= 11 is 0. The summed E-state index contributed by atoms with van der Waals surface area (Å²) in [4.78, 5) is 11.9. The first kappa shape index (κ1) is 12.9. The Bertz CT molecular complexity index is 428. The topological polar surface area (TPSA) is 35.5 Å². The van der Waals surface area contributed by atoms with Crippen molar-refractivity contribution in [3.63, 3.8) is 0 Å². The molecule has 0 saturated heterocycles. The lowest BCUT2D eigenvalue weighted by molar-refractivity contribution is -0.156. The summed E-state index contributed by atoms with van der Waals surface area (Å²) in [5, 5.41) is 0. The third-order valence-corrected chi connectivity index (χ3v) is 3.04. The van der Waals surface area contributed by atoms with E-state index in [9.17, 15) is 4.79 Å². The second-order valence-electron chi connectivity index (χ2n) is 5.76. The van der Waals surface area contributed by atoms with Gasteiger partial charge in [0.2, 0.25) is 0 Å². The molecule has 1 aromatic rings. The van der Waals surface area contributed by atoms with Crippen LogP contribution in [-0.4, -0.2) is 18.7 Å². The molecule has 1 aromatic carbocycles. The van der Waals surface area contributed by atoms with Gasteiger partial charge in [0.25, 0.3) is 0 Å². The fourth-order valence-corrected chi connectivity index (χ4v) is 2.05. The molecule has 3 heteroatoms. The van der Waals surface area contributed by atoms with E-state index in [0.29, 0.717) is 5.92 Å². The van der Waals surface area contributed by atoms with Gasteiger partial charge in [0, 0.05) is 0 Å². The van der Waals surface area contributed by atoms with Crippen molar-refractivity contribution in [2.75, 3.05) is 7.11 Å². The van der Waals surface area contributed by atoms with Gasteiger partial charge in [-0.3, -0.25) is 4.79 Å². The molecule has 0 N–H and O–H groups in total. The van der Waals surface area contributed by atoms with Crippen LogP contribution in [0.25, 0.3) is 0 Å². The summed E-state index contributed by atoms with van der Waals surface area (Å²) in [5.41, 5.74) is 0.788.